The van der Waals surface area contributed by atoms with Crippen molar-refractivity contribution in [1.82, 2.24) is 19.5 Å². The van der Waals surface area contributed by atoms with E-state index in [4.69, 9.17) is 5.73 Å². The summed E-state index contributed by atoms with van der Waals surface area (Å²) < 4.78 is 1.40. The van der Waals surface area contributed by atoms with Gasteiger partial charge in [-0.25, -0.2) is 19.3 Å². The summed E-state index contributed by atoms with van der Waals surface area (Å²) in [5.74, 6) is -0.622. The lowest BCUT2D eigenvalue weighted by Gasteiger charge is -2.11. The maximum atomic E-state index is 13.0. The van der Waals surface area contributed by atoms with E-state index in [0.717, 1.165) is 11.1 Å². The number of imidazole rings is 1. The zero-order valence-corrected chi connectivity index (χ0v) is 16.7. The molecule has 0 unspecified atom stereocenters. The molecule has 32 heavy (non-hydrogen) atoms. The second-order valence-electron chi connectivity index (χ2n) is 7.16. The molecule has 0 saturated carbocycles. The Balaban J connectivity index is 1.84. The number of rotatable bonds is 4. The molecular formula is C24H17N5O3. The summed E-state index contributed by atoms with van der Waals surface area (Å²) in [5, 5.41) is 9.86. The molecule has 0 aliphatic rings. The highest BCUT2D eigenvalue weighted by Gasteiger charge is 2.21. The summed E-state index contributed by atoms with van der Waals surface area (Å²) in [6.07, 6.45) is 0. The molecule has 2 aromatic heterocycles. The highest BCUT2D eigenvalue weighted by atomic mass is 16.3. The van der Waals surface area contributed by atoms with Gasteiger partial charge in [0.1, 0.15) is 11.3 Å². The average molecular weight is 423 g/mol. The molecule has 0 atom stereocenters. The van der Waals surface area contributed by atoms with Crippen LogP contribution >= 0.6 is 0 Å². The third-order valence-electron chi connectivity index (χ3n) is 5.10. The number of phenols is 1. The number of phenolic OH excluding ortho intramolecular Hbond substituents is 1. The van der Waals surface area contributed by atoms with Gasteiger partial charge in [-0.2, -0.15) is 0 Å². The molecule has 4 N–H and O–H groups in total. The number of fused-ring (bicyclic) bond motifs is 1. The van der Waals surface area contributed by atoms with E-state index in [9.17, 15) is 14.7 Å². The van der Waals surface area contributed by atoms with Crippen molar-refractivity contribution < 1.29 is 9.90 Å². The molecule has 0 fully saturated rings. The lowest BCUT2D eigenvalue weighted by Crippen LogP contribution is -2.16. The number of nitrogens with two attached hydrogens (primary N) is 1. The van der Waals surface area contributed by atoms with Gasteiger partial charge in [0.25, 0.3) is 5.91 Å². The quantitative estimate of drug-likeness (QED) is 0.409. The fraction of sp³-hybridized carbons (Fsp3) is 0. The fourth-order valence-electron chi connectivity index (χ4n) is 3.69. The van der Waals surface area contributed by atoms with Crippen molar-refractivity contribution in [2.45, 2.75) is 0 Å². The number of amides is 1. The molecule has 2 heterocycles. The molecule has 1 amide bonds. The van der Waals surface area contributed by atoms with Crippen LogP contribution in [0.3, 0.4) is 0 Å². The van der Waals surface area contributed by atoms with Crippen molar-refractivity contribution in [3.63, 3.8) is 0 Å². The second-order valence-corrected chi connectivity index (χ2v) is 7.16. The van der Waals surface area contributed by atoms with Crippen LogP contribution in [0.1, 0.15) is 10.5 Å². The number of aromatic hydroxyl groups is 1. The number of nitrogens with zero attached hydrogens (tertiary/aromatic N) is 3. The van der Waals surface area contributed by atoms with Gasteiger partial charge in [0.05, 0.1) is 5.69 Å². The Morgan fingerprint density at radius 2 is 1.62 bits per heavy atom. The van der Waals surface area contributed by atoms with Crippen LogP contribution in [0.5, 0.6) is 5.75 Å². The van der Waals surface area contributed by atoms with Gasteiger partial charge in [0, 0.05) is 11.1 Å². The molecular weight excluding hydrogens is 406 g/mol. The van der Waals surface area contributed by atoms with Crippen LogP contribution in [0.25, 0.3) is 39.4 Å². The molecule has 0 saturated heterocycles. The van der Waals surface area contributed by atoms with E-state index < -0.39 is 11.6 Å². The van der Waals surface area contributed by atoms with Gasteiger partial charge >= 0.3 is 5.69 Å². The number of aromatic amines is 1. The van der Waals surface area contributed by atoms with E-state index in [1.807, 2.05) is 48.5 Å². The van der Waals surface area contributed by atoms with Crippen molar-refractivity contribution >= 4 is 17.1 Å². The summed E-state index contributed by atoms with van der Waals surface area (Å²) in [6.45, 7) is 0. The number of nitrogens with one attached hydrogen (secondary N) is 1. The highest BCUT2D eigenvalue weighted by Crippen LogP contribution is 2.29. The van der Waals surface area contributed by atoms with E-state index in [1.54, 1.807) is 18.2 Å². The average Bonchev–Trinajstić information content (AvgIpc) is 3.14. The zero-order chi connectivity index (χ0) is 22.2. The summed E-state index contributed by atoms with van der Waals surface area (Å²) in [6, 6.07) is 23.4. The molecule has 0 aliphatic carbocycles. The number of aromatic nitrogens is 4. The largest absolute Gasteiger partial charge is 0.508 e. The van der Waals surface area contributed by atoms with Crippen molar-refractivity contribution in [3.05, 3.63) is 95.0 Å². The third-order valence-corrected chi connectivity index (χ3v) is 5.10. The first-order chi connectivity index (χ1) is 15.5. The van der Waals surface area contributed by atoms with Gasteiger partial charge in [0.2, 0.25) is 0 Å². The molecule has 156 valence electrons. The minimum atomic E-state index is -0.802. The topological polar surface area (TPSA) is 127 Å². The molecule has 8 nitrogen and oxygen atoms in total. The Labute approximate surface area is 181 Å². The first-order valence-corrected chi connectivity index (χ1v) is 9.80. The first kappa shape index (κ1) is 19.3. The standard InChI is InChI=1S/C24H17N5O3/c25-21(31)19-20-23(28-22(26-19)15-9-6-10-16(30)13-15)29(24(32)27-20)18-12-5-4-11-17(18)14-7-2-1-3-8-14/h1-13,30H,(H2,25,31)(H,27,32). The van der Waals surface area contributed by atoms with Crippen molar-refractivity contribution in [3.8, 4) is 34.0 Å². The predicted octanol–water partition coefficient (Wildman–Crippen LogP) is 3.25. The molecule has 0 aliphatic heterocycles. The van der Waals surface area contributed by atoms with Crippen LogP contribution in [-0.2, 0) is 0 Å². The normalized spacial score (nSPS) is 11.0. The molecule has 5 rings (SSSR count). The number of hydrogen-bond acceptors (Lipinski definition) is 5. The molecule has 0 bridgehead atoms. The van der Waals surface area contributed by atoms with Crippen LogP contribution < -0.4 is 11.4 Å². The lowest BCUT2D eigenvalue weighted by molar-refractivity contribution is 0.0997. The minimum absolute atomic E-state index is 0.0210. The fourth-order valence-corrected chi connectivity index (χ4v) is 3.69. The van der Waals surface area contributed by atoms with E-state index >= 15 is 0 Å². The Hall–Kier alpha value is -4.72. The predicted molar refractivity (Wildman–Crippen MR) is 121 cm³/mol. The molecule has 8 heteroatoms. The first-order valence-electron chi connectivity index (χ1n) is 9.80. The molecule has 0 radical (unpaired) electrons. The molecule has 0 spiro atoms. The van der Waals surface area contributed by atoms with Crippen molar-refractivity contribution in [2.75, 3.05) is 0 Å². The zero-order valence-electron chi connectivity index (χ0n) is 16.7. The number of para-hydroxylation sites is 1. The maximum absolute atomic E-state index is 13.0. The maximum Gasteiger partial charge on any atom is 0.332 e. The third kappa shape index (κ3) is 3.20. The lowest BCUT2D eigenvalue weighted by atomic mass is 10.0. The van der Waals surface area contributed by atoms with E-state index in [1.165, 1.54) is 16.7 Å². The molecule has 3 aromatic carbocycles. The highest BCUT2D eigenvalue weighted by molar-refractivity contribution is 6.02. The van der Waals surface area contributed by atoms with Gasteiger partial charge in [0.15, 0.2) is 17.2 Å². The van der Waals surface area contributed by atoms with Crippen LogP contribution in [-0.4, -0.2) is 30.5 Å². The Kier molecular flexibility index (Phi) is 4.52. The summed E-state index contributed by atoms with van der Waals surface area (Å²) in [4.78, 5) is 36.7. The number of benzene rings is 3. The van der Waals surface area contributed by atoms with E-state index in [-0.39, 0.29) is 28.4 Å². The molecule has 5 aromatic rings. The van der Waals surface area contributed by atoms with Gasteiger partial charge in [-0.15, -0.1) is 0 Å². The number of carbonyl (C=O) groups is 1. The SMILES string of the molecule is NC(=O)c1nc(-c2cccc(O)c2)nc2c1[nH]c(=O)n2-c1ccccc1-c1ccccc1. The number of primary amides is 1. The Bertz CT molecular complexity index is 1540. The summed E-state index contributed by atoms with van der Waals surface area (Å²) in [7, 11) is 0. The van der Waals surface area contributed by atoms with Crippen LogP contribution in [0.4, 0.5) is 0 Å². The van der Waals surface area contributed by atoms with Gasteiger partial charge in [-0.1, -0.05) is 60.7 Å². The second kappa shape index (κ2) is 7.51. The number of carbonyl (C=O) groups excluding carboxylic acids is 1. The van der Waals surface area contributed by atoms with Crippen molar-refractivity contribution in [2.24, 2.45) is 5.73 Å². The summed E-state index contributed by atoms with van der Waals surface area (Å²) in [5.41, 5.74) is 8.13. The van der Waals surface area contributed by atoms with E-state index in [0.29, 0.717) is 11.3 Å². The van der Waals surface area contributed by atoms with Crippen molar-refractivity contribution in [1.29, 1.82) is 0 Å². The monoisotopic (exact) mass is 423 g/mol. The number of hydrogen-bond donors (Lipinski definition) is 3. The van der Waals surface area contributed by atoms with E-state index in [2.05, 4.69) is 15.0 Å². The Morgan fingerprint density at radius 3 is 2.38 bits per heavy atom. The van der Waals surface area contributed by atoms with Gasteiger partial charge in [-0.3, -0.25) is 4.79 Å². The van der Waals surface area contributed by atoms with Crippen LogP contribution in [0.15, 0.2) is 83.7 Å². The van der Waals surface area contributed by atoms with Crippen LogP contribution in [0.2, 0.25) is 0 Å². The number of H-pyrrole nitrogens is 1. The minimum Gasteiger partial charge on any atom is -0.508 e. The Morgan fingerprint density at radius 1 is 0.906 bits per heavy atom. The van der Waals surface area contributed by atoms with Gasteiger partial charge in [-0.05, 0) is 23.8 Å². The summed E-state index contributed by atoms with van der Waals surface area (Å²) >= 11 is 0. The van der Waals surface area contributed by atoms with Crippen LogP contribution in [0, 0.1) is 0 Å². The smallest absolute Gasteiger partial charge is 0.332 e. The van der Waals surface area contributed by atoms with Gasteiger partial charge < -0.3 is 15.8 Å².